The lowest BCUT2D eigenvalue weighted by atomic mass is 9.82. The summed E-state index contributed by atoms with van der Waals surface area (Å²) in [5, 5.41) is 8.76. The largest absolute Gasteiger partial charge is 0.344 e. The third-order valence-corrected chi connectivity index (χ3v) is 12.9. The molecule has 0 fully saturated rings. The van der Waals surface area contributed by atoms with Crippen molar-refractivity contribution in [3.8, 4) is 33.4 Å². The van der Waals surface area contributed by atoms with Gasteiger partial charge in [-0.2, -0.15) is 0 Å². The monoisotopic (exact) mass is 735 g/mol. The first-order valence-corrected chi connectivity index (χ1v) is 20.1. The van der Waals surface area contributed by atoms with E-state index in [1.807, 2.05) is 23.5 Å². The quantitative estimate of drug-likeness (QED) is 0.188. The predicted molar refractivity (Wildman–Crippen MR) is 237 cm³/mol. The molecule has 9 aromatic rings. The normalized spacial score (nSPS) is 15.6. The molecule has 1 unspecified atom stereocenters. The first-order chi connectivity index (χ1) is 27.5. The van der Waals surface area contributed by atoms with Crippen molar-refractivity contribution in [1.82, 2.24) is 5.32 Å². The fourth-order valence-electron chi connectivity index (χ4n) is 8.90. The Morgan fingerprint density at radius 3 is 1.89 bits per heavy atom. The van der Waals surface area contributed by atoms with E-state index >= 15 is 0 Å². The Labute approximate surface area is 330 Å². The Morgan fingerprint density at radius 2 is 1.09 bits per heavy atom. The van der Waals surface area contributed by atoms with Gasteiger partial charge in [-0.3, -0.25) is 0 Å². The highest BCUT2D eigenvalue weighted by molar-refractivity contribution is 7.26. The second-order valence-electron chi connectivity index (χ2n) is 15.4. The lowest BCUT2D eigenvalue weighted by Crippen LogP contribution is -2.33. The summed E-state index contributed by atoms with van der Waals surface area (Å²) in [6, 6.07) is 63.6. The fourth-order valence-corrected chi connectivity index (χ4v) is 10.0. The molecule has 0 radical (unpaired) electrons. The summed E-state index contributed by atoms with van der Waals surface area (Å²) >= 11 is 1.86. The van der Waals surface area contributed by atoms with E-state index in [0.29, 0.717) is 0 Å². The van der Waals surface area contributed by atoms with E-state index in [4.69, 9.17) is 9.98 Å². The molecule has 11 rings (SSSR count). The first-order valence-electron chi connectivity index (χ1n) is 19.3. The van der Waals surface area contributed by atoms with Crippen LogP contribution in [0.4, 0.5) is 0 Å². The van der Waals surface area contributed by atoms with Gasteiger partial charge in [-0.15, -0.1) is 11.3 Å². The third-order valence-electron chi connectivity index (χ3n) is 11.8. The zero-order valence-corrected chi connectivity index (χ0v) is 31.9. The lowest BCUT2D eigenvalue weighted by Gasteiger charge is -2.25. The Hall–Kier alpha value is -6.62. The van der Waals surface area contributed by atoms with Crippen molar-refractivity contribution < 1.29 is 0 Å². The van der Waals surface area contributed by atoms with Gasteiger partial charge in [0.15, 0.2) is 5.84 Å². The minimum atomic E-state index is -0.333. The zero-order chi connectivity index (χ0) is 37.4. The maximum absolute atomic E-state index is 5.34. The standard InChI is InChI=1S/C52H37N3S/c1-52(2)44-20-12-11-18-39(44)41-29-36(25-27-45(41)52)37-26-28-46-43(30-37)48-40-19-10-9-17-38(40)42(31-47(48)56-46)51-54-49(34-15-7-4-8-16-34)53-50(55-51)35-23-21-33(22-24-35)32-13-5-3-6-14-32/h3-31,51H,1-2H3,(H,53,54,55). The highest BCUT2D eigenvalue weighted by Gasteiger charge is 2.35. The average Bonchev–Trinajstić information content (AvgIpc) is 3.75. The van der Waals surface area contributed by atoms with Gasteiger partial charge in [0, 0.05) is 42.3 Å². The van der Waals surface area contributed by atoms with E-state index in [1.54, 1.807) is 0 Å². The van der Waals surface area contributed by atoms with Crippen LogP contribution in [0.25, 0.3) is 64.3 Å². The van der Waals surface area contributed by atoms with Crippen molar-refractivity contribution in [2.75, 3.05) is 0 Å². The topological polar surface area (TPSA) is 36.8 Å². The first kappa shape index (κ1) is 32.8. The Kier molecular flexibility index (Phi) is 7.45. The van der Waals surface area contributed by atoms with Crippen molar-refractivity contribution in [2.24, 2.45) is 9.98 Å². The van der Waals surface area contributed by atoms with Crippen LogP contribution >= 0.6 is 11.3 Å². The average molecular weight is 736 g/mol. The van der Waals surface area contributed by atoms with E-state index in [1.165, 1.54) is 75.5 Å². The molecule has 1 N–H and O–H groups in total. The van der Waals surface area contributed by atoms with Crippen molar-refractivity contribution in [3.05, 3.63) is 204 Å². The number of hydrogen-bond donors (Lipinski definition) is 1. The van der Waals surface area contributed by atoms with Crippen LogP contribution in [0.1, 0.15) is 47.8 Å². The van der Waals surface area contributed by atoms with Gasteiger partial charge in [0.2, 0.25) is 0 Å². The molecule has 2 heterocycles. The van der Waals surface area contributed by atoms with Crippen LogP contribution in [-0.2, 0) is 5.41 Å². The Morgan fingerprint density at radius 1 is 0.482 bits per heavy atom. The summed E-state index contributed by atoms with van der Waals surface area (Å²) in [5.74, 6) is 1.54. The van der Waals surface area contributed by atoms with Gasteiger partial charge in [0.1, 0.15) is 12.0 Å². The molecule has 4 heteroatoms. The molecule has 1 atom stereocenters. The van der Waals surface area contributed by atoms with Gasteiger partial charge in [0.25, 0.3) is 0 Å². The summed E-state index contributed by atoms with van der Waals surface area (Å²) in [7, 11) is 0. The maximum Gasteiger partial charge on any atom is 0.159 e. The van der Waals surface area contributed by atoms with Crippen LogP contribution in [0, 0.1) is 0 Å². The number of nitrogens with one attached hydrogen (secondary N) is 1. The Bertz CT molecular complexity index is 3060. The van der Waals surface area contributed by atoms with E-state index < -0.39 is 0 Å². The van der Waals surface area contributed by atoms with Crippen molar-refractivity contribution in [2.45, 2.75) is 25.4 Å². The number of amidine groups is 2. The molecule has 0 saturated carbocycles. The number of fused-ring (bicyclic) bond motifs is 8. The van der Waals surface area contributed by atoms with E-state index in [9.17, 15) is 0 Å². The van der Waals surface area contributed by atoms with E-state index in [-0.39, 0.29) is 11.6 Å². The smallest absolute Gasteiger partial charge is 0.159 e. The van der Waals surface area contributed by atoms with Gasteiger partial charge >= 0.3 is 0 Å². The van der Waals surface area contributed by atoms with E-state index in [2.05, 4.69) is 183 Å². The zero-order valence-electron chi connectivity index (χ0n) is 31.1. The molecule has 1 aliphatic carbocycles. The highest BCUT2D eigenvalue weighted by atomic mass is 32.1. The molecule has 0 amide bonds. The minimum absolute atomic E-state index is 0.00664. The SMILES string of the molecule is CC1(C)c2ccccc2-c2cc(-c3ccc4sc5cc(C6N=C(c7ccc(-c8ccccc8)cc7)N=C(c7ccccc7)N6)c6ccccc6c5c4c3)ccc21. The van der Waals surface area contributed by atoms with Gasteiger partial charge in [-0.25, -0.2) is 9.98 Å². The summed E-state index contributed by atoms with van der Waals surface area (Å²) in [6.07, 6.45) is -0.333. The highest BCUT2D eigenvalue weighted by Crippen LogP contribution is 2.50. The summed E-state index contributed by atoms with van der Waals surface area (Å²) in [6.45, 7) is 4.68. The lowest BCUT2D eigenvalue weighted by molar-refractivity contribution is 0.660. The number of benzene rings is 8. The second kappa shape index (κ2) is 12.7. The van der Waals surface area contributed by atoms with Crippen molar-refractivity contribution >= 4 is 54.0 Å². The number of thiophene rings is 1. The Balaban J connectivity index is 1.03. The summed E-state index contributed by atoms with van der Waals surface area (Å²) in [4.78, 5) is 10.5. The van der Waals surface area contributed by atoms with Crippen LogP contribution in [0.3, 0.4) is 0 Å². The molecule has 8 aromatic carbocycles. The van der Waals surface area contributed by atoms with Crippen LogP contribution in [-0.4, -0.2) is 11.7 Å². The molecule has 3 nitrogen and oxygen atoms in total. The molecule has 1 aliphatic heterocycles. The van der Waals surface area contributed by atoms with Gasteiger partial charge in [-0.1, -0.05) is 166 Å². The molecular formula is C52H37N3S. The molecule has 0 spiro atoms. The van der Waals surface area contributed by atoms with Crippen LogP contribution < -0.4 is 5.32 Å². The number of hydrogen-bond acceptors (Lipinski definition) is 4. The second-order valence-corrected chi connectivity index (χ2v) is 16.5. The maximum atomic E-state index is 5.34. The van der Waals surface area contributed by atoms with Crippen molar-refractivity contribution in [3.63, 3.8) is 0 Å². The molecule has 1 aromatic heterocycles. The van der Waals surface area contributed by atoms with Crippen molar-refractivity contribution in [1.29, 1.82) is 0 Å². The molecule has 0 bridgehead atoms. The predicted octanol–water partition coefficient (Wildman–Crippen LogP) is 13.3. The fraction of sp³-hybridized carbons (Fsp3) is 0.0769. The van der Waals surface area contributed by atoms with Gasteiger partial charge in [0.05, 0.1) is 0 Å². The van der Waals surface area contributed by atoms with Crippen LogP contribution in [0.2, 0.25) is 0 Å². The molecule has 266 valence electrons. The summed E-state index contributed by atoms with van der Waals surface area (Å²) in [5.41, 5.74) is 13.5. The number of aliphatic imine (C=N–C) groups is 2. The molecular weight excluding hydrogens is 699 g/mol. The molecule has 56 heavy (non-hydrogen) atoms. The van der Waals surface area contributed by atoms with Crippen LogP contribution in [0.15, 0.2) is 186 Å². The van der Waals surface area contributed by atoms with Gasteiger partial charge < -0.3 is 5.32 Å². The molecule has 2 aliphatic rings. The van der Waals surface area contributed by atoms with Crippen LogP contribution in [0.5, 0.6) is 0 Å². The minimum Gasteiger partial charge on any atom is -0.344 e. The number of nitrogens with zero attached hydrogens (tertiary/aromatic N) is 2. The van der Waals surface area contributed by atoms with Gasteiger partial charge in [-0.05, 0) is 79.5 Å². The number of rotatable bonds is 5. The molecule has 0 saturated heterocycles. The van der Waals surface area contributed by atoms with E-state index in [0.717, 1.165) is 28.4 Å². The third kappa shape index (κ3) is 5.25. The summed E-state index contributed by atoms with van der Waals surface area (Å²) < 4.78 is 2.54.